The molecule has 0 unspecified atom stereocenters. The highest BCUT2D eigenvalue weighted by Crippen LogP contribution is 2.34. The Morgan fingerprint density at radius 2 is 1.83 bits per heavy atom. The lowest BCUT2D eigenvalue weighted by Gasteiger charge is -2.03. The van der Waals surface area contributed by atoms with Gasteiger partial charge in [-0.3, -0.25) is 0 Å². The number of aromatic nitrogens is 3. The molecule has 0 atom stereocenters. The summed E-state index contributed by atoms with van der Waals surface area (Å²) in [6, 6.07) is 19.5. The van der Waals surface area contributed by atoms with E-state index in [0.29, 0.717) is 17.1 Å². The number of nitrogens with one attached hydrogen (secondary N) is 1. The van der Waals surface area contributed by atoms with E-state index in [1.54, 1.807) is 6.07 Å². The quantitative estimate of drug-likeness (QED) is 0.437. The van der Waals surface area contributed by atoms with Crippen molar-refractivity contribution in [2.45, 2.75) is 6.92 Å². The first-order valence-corrected chi connectivity index (χ1v) is 9.18. The Morgan fingerprint density at radius 1 is 1.03 bits per heavy atom. The maximum atomic E-state index is 12.2. The van der Waals surface area contributed by atoms with Crippen molar-refractivity contribution in [3.8, 4) is 22.7 Å². The van der Waals surface area contributed by atoms with Crippen LogP contribution < -0.4 is 0 Å². The van der Waals surface area contributed by atoms with E-state index < -0.39 is 5.97 Å². The van der Waals surface area contributed by atoms with Crippen molar-refractivity contribution in [1.29, 1.82) is 0 Å². The van der Waals surface area contributed by atoms with Crippen LogP contribution in [0.5, 0.6) is 0 Å². The molecule has 0 aliphatic rings. The molecular weight excluding hydrogens is 366 g/mol. The second-order valence-corrected chi connectivity index (χ2v) is 6.88. The van der Waals surface area contributed by atoms with Gasteiger partial charge in [0.1, 0.15) is 17.1 Å². The monoisotopic (exact) mass is 383 g/mol. The summed E-state index contributed by atoms with van der Waals surface area (Å²) in [5.74, 6) is -0.0282. The molecule has 0 bridgehead atoms. The lowest BCUT2D eigenvalue weighted by Crippen LogP contribution is -2.05. The topological polar surface area (TPSA) is 81.0 Å². The summed E-state index contributed by atoms with van der Waals surface area (Å²) in [6.45, 7) is 2.03. The number of benzene rings is 2. The number of pyridine rings is 1. The third kappa shape index (κ3) is 2.86. The molecule has 6 heteroatoms. The number of ether oxygens (including phenoxy) is 1. The van der Waals surface area contributed by atoms with E-state index in [2.05, 4.69) is 15.1 Å². The molecule has 0 saturated carbocycles. The second kappa shape index (κ2) is 6.60. The Morgan fingerprint density at radius 3 is 2.62 bits per heavy atom. The number of esters is 1. The Bertz CT molecular complexity index is 1360. The van der Waals surface area contributed by atoms with Crippen molar-refractivity contribution in [2.75, 3.05) is 7.11 Å². The number of hydrogen-bond acceptors (Lipinski definition) is 5. The van der Waals surface area contributed by atoms with Crippen LogP contribution in [0.1, 0.15) is 16.1 Å². The Hall–Kier alpha value is -3.93. The van der Waals surface area contributed by atoms with Gasteiger partial charge in [0.2, 0.25) is 0 Å². The minimum Gasteiger partial charge on any atom is -0.464 e. The molecule has 0 aliphatic carbocycles. The molecule has 3 aromatic heterocycles. The number of carbonyl (C=O) groups excluding carboxylic acids is 1. The summed E-state index contributed by atoms with van der Waals surface area (Å²) in [5.41, 5.74) is 5.29. The first-order chi connectivity index (χ1) is 14.1. The number of fused-ring (bicyclic) bond motifs is 3. The standard InChI is InChI=1S/C23H17N3O3/c1-13-7-9-14(10-8-13)18-12-20(29-26-18)22-21-16(11-19(25-22)23(27)28-2)15-5-3-4-6-17(15)24-21/h3-12,24H,1-2H3. The van der Waals surface area contributed by atoms with Crippen LogP contribution in [0.2, 0.25) is 0 Å². The number of aromatic amines is 1. The van der Waals surface area contributed by atoms with E-state index in [1.807, 2.05) is 61.5 Å². The van der Waals surface area contributed by atoms with Crippen molar-refractivity contribution in [3.63, 3.8) is 0 Å². The summed E-state index contributed by atoms with van der Waals surface area (Å²) in [7, 11) is 1.34. The average molecular weight is 383 g/mol. The Kier molecular flexibility index (Phi) is 3.91. The van der Waals surface area contributed by atoms with Crippen LogP contribution in [0.3, 0.4) is 0 Å². The van der Waals surface area contributed by atoms with Crippen molar-refractivity contribution in [3.05, 3.63) is 71.9 Å². The van der Waals surface area contributed by atoms with Gasteiger partial charge in [0.15, 0.2) is 5.76 Å². The van der Waals surface area contributed by atoms with Crippen LogP contribution in [-0.2, 0) is 4.74 Å². The molecule has 6 nitrogen and oxygen atoms in total. The zero-order valence-electron chi connectivity index (χ0n) is 15.9. The van der Waals surface area contributed by atoms with Crippen LogP contribution >= 0.6 is 0 Å². The van der Waals surface area contributed by atoms with E-state index >= 15 is 0 Å². The van der Waals surface area contributed by atoms with Gasteiger partial charge in [0.25, 0.3) is 0 Å². The predicted octanol–water partition coefficient (Wildman–Crippen LogP) is 5.13. The van der Waals surface area contributed by atoms with Gasteiger partial charge in [-0.1, -0.05) is 53.2 Å². The number of aryl methyl sites for hydroxylation is 1. The Balaban J connectivity index is 1.73. The van der Waals surface area contributed by atoms with E-state index in [4.69, 9.17) is 9.26 Å². The molecule has 0 spiro atoms. The third-order valence-electron chi connectivity index (χ3n) is 4.98. The number of para-hydroxylation sites is 1. The highest BCUT2D eigenvalue weighted by atomic mass is 16.5. The van der Waals surface area contributed by atoms with Crippen LogP contribution in [-0.4, -0.2) is 28.2 Å². The zero-order valence-corrected chi connectivity index (χ0v) is 15.9. The SMILES string of the molecule is COC(=O)c1cc2c([nH]c3ccccc32)c(-c2cc(-c3ccc(C)cc3)no2)n1. The molecule has 0 radical (unpaired) electrons. The molecule has 3 heterocycles. The maximum Gasteiger partial charge on any atom is 0.356 e. The first-order valence-electron chi connectivity index (χ1n) is 9.18. The number of nitrogens with zero attached hydrogens (tertiary/aromatic N) is 2. The van der Waals surface area contributed by atoms with Gasteiger partial charge in [-0.2, -0.15) is 0 Å². The van der Waals surface area contributed by atoms with Gasteiger partial charge >= 0.3 is 5.97 Å². The van der Waals surface area contributed by atoms with Crippen LogP contribution in [0, 0.1) is 6.92 Å². The summed E-state index contributed by atoms with van der Waals surface area (Å²) in [4.78, 5) is 20.1. The fourth-order valence-electron chi connectivity index (χ4n) is 3.48. The molecular formula is C23H17N3O3. The highest BCUT2D eigenvalue weighted by molar-refractivity contribution is 6.12. The molecule has 0 saturated heterocycles. The van der Waals surface area contributed by atoms with E-state index in [-0.39, 0.29) is 5.69 Å². The van der Waals surface area contributed by atoms with Crippen molar-refractivity contribution in [2.24, 2.45) is 0 Å². The lowest BCUT2D eigenvalue weighted by atomic mass is 10.1. The van der Waals surface area contributed by atoms with Crippen molar-refractivity contribution >= 4 is 27.8 Å². The molecule has 0 fully saturated rings. The van der Waals surface area contributed by atoms with Gasteiger partial charge in [-0.25, -0.2) is 9.78 Å². The molecule has 29 heavy (non-hydrogen) atoms. The smallest absolute Gasteiger partial charge is 0.356 e. The number of carbonyl (C=O) groups is 1. The normalized spacial score (nSPS) is 11.2. The molecule has 2 aromatic carbocycles. The van der Waals surface area contributed by atoms with E-state index in [0.717, 1.165) is 27.4 Å². The largest absolute Gasteiger partial charge is 0.464 e. The second-order valence-electron chi connectivity index (χ2n) is 6.88. The number of methoxy groups -OCH3 is 1. The van der Waals surface area contributed by atoms with Crippen molar-refractivity contribution in [1.82, 2.24) is 15.1 Å². The maximum absolute atomic E-state index is 12.2. The number of H-pyrrole nitrogens is 1. The summed E-state index contributed by atoms with van der Waals surface area (Å²) >= 11 is 0. The molecule has 1 N–H and O–H groups in total. The van der Waals surface area contributed by atoms with Gasteiger partial charge in [0, 0.05) is 27.9 Å². The number of rotatable bonds is 3. The molecule has 142 valence electrons. The fraction of sp³-hybridized carbons (Fsp3) is 0.0870. The van der Waals surface area contributed by atoms with Crippen LogP contribution in [0.15, 0.2) is 65.2 Å². The molecule has 0 aliphatic heterocycles. The van der Waals surface area contributed by atoms with Crippen molar-refractivity contribution < 1.29 is 14.1 Å². The van der Waals surface area contributed by atoms with Gasteiger partial charge < -0.3 is 14.2 Å². The molecule has 0 amide bonds. The average Bonchev–Trinajstić information content (AvgIpc) is 3.38. The predicted molar refractivity (Wildman–Crippen MR) is 111 cm³/mol. The van der Waals surface area contributed by atoms with Gasteiger partial charge in [0.05, 0.1) is 12.6 Å². The lowest BCUT2D eigenvalue weighted by molar-refractivity contribution is 0.0594. The highest BCUT2D eigenvalue weighted by Gasteiger charge is 2.20. The first kappa shape index (κ1) is 17.2. The minimum absolute atomic E-state index is 0.216. The minimum atomic E-state index is -0.503. The van der Waals surface area contributed by atoms with Crippen LogP contribution in [0.25, 0.3) is 44.5 Å². The van der Waals surface area contributed by atoms with E-state index in [9.17, 15) is 4.79 Å². The van der Waals surface area contributed by atoms with Gasteiger partial charge in [-0.05, 0) is 19.1 Å². The number of hydrogen-bond donors (Lipinski definition) is 1. The molecule has 5 aromatic rings. The summed E-state index contributed by atoms with van der Waals surface area (Å²) in [5, 5.41) is 6.07. The summed E-state index contributed by atoms with van der Waals surface area (Å²) in [6.07, 6.45) is 0. The summed E-state index contributed by atoms with van der Waals surface area (Å²) < 4.78 is 10.5. The molecule has 5 rings (SSSR count). The zero-order chi connectivity index (χ0) is 20.0. The van der Waals surface area contributed by atoms with Gasteiger partial charge in [-0.15, -0.1) is 0 Å². The third-order valence-corrected chi connectivity index (χ3v) is 4.98. The van der Waals surface area contributed by atoms with Crippen LogP contribution in [0.4, 0.5) is 0 Å². The van der Waals surface area contributed by atoms with E-state index in [1.165, 1.54) is 12.7 Å². The fourth-order valence-corrected chi connectivity index (χ4v) is 3.48. The Labute approximate surface area is 166 Å².